The zero-order valence-corrected chi connectivity index (χ0v) is 16.9. The molecule has 0 heterocycles. The van der Waals surface area contributed by atoms with Crippen LogP contribution >= 0.6 is 0 Å². The molecule has 0 aromatic heterocycles. The van der Waals surface area contributed by atoms with Crippen molar-refractivity contribution in [3.05, 3.63) is 71.8 Å². The number of benzene rings is 2. The van der Waals surface area contributed by atoms with Crippen molar-refractivity contribution >= 4 is 5.97 Å². The van der Waals surface area contributed by atoms with Gasteiger partial charge in [0, 0.05) is 26.2 Å². The van der Waals surface area contributed by atoms with Gasteiger partial charge in [-0.1, -0.05) is 60.7 Å². The van der Waals surface area contributed by atoms with Crippen LogP contribution in [0.4, 0.5) is 0 Å². The fourth-order valence-electron chi connectivity index (χ4n) is 3.03. The summed E-state index contributed by atoms with van der Waals surface area (Å²) in [5.74, 6) is -0.371. The number of hydrogen-bond donors (Lipinski definition) is 1. The summed E-state index contributed by atoms with van der Waals surface area (Å²) in [6.07, 6.45) is 0. The predicted molar refractivity (Wildman–Crippen MR) is 110 cm³/mol. The van der Waals surface area contributed by atoms with Gasteiger partial charge in [-0.3, -0.25) is 9.69 Å². The minimum Gasteiger partial charge on any atom is -0.460 e. The molecule has 27 heavy (non-hydrogen) atoms. The van der Waals surface area contributed by atoms with Crippen molar-refractivity contribution in [1.82, 2.24) is 10.2 Å². The standard InChI is InChI=1S/C23H32N2O2/c1-23(2,3)27-22(26)21(15-24-4)18-25(16-19-11-7-5-8-12-19)17-20-13-9-6-10-14-20/h5-14,21,24H,15-18H2,1-4H3. The quantitative estimate of drug-likeness (QED) is 0.682. The summed E-state index contributed by atoms with van der Waals surface area (Å²) in [6.45, 7) is 8.54. The van der Waals surface area contributed by atoms with E-state index in [2.05, 4.69) is 58.7 Å². The minimum atomic E-state index is -0.479. The third-order valence-electron chi connectivity index (χ3n) is 4.17. The van der Waals surface area contributed by atoms with E-state index in [-0.39, 0.29) is 11.9 Å². The van der Waals surface area contributed by atoms with Crippen molar-refractivity contribution < 1.29 is 9.53 Å². The third-order valence-corrected chi connectivity index (χ3v) is 4.17. The fourth-order valence-corrected chi connectivity index (χ4v) is 3.03. The second kappa shape index (κ2) is 10.2. The highest BCUT2D eigenvalue weighted by molar-refractivity contribution is 5.73. The first-order valence-electron chi connectivity index (χ1n) is 9.55. The molecule has 0 saturated carbocycles. The van der Waals surface area contributed by atoms with Crippen LogP contribution in [0.25, 0.3) is 0 Å². The number of ether oxygens (including phenoxy) is 1. The molecule has 2 rings (SSSR count). The summed E-state index contributed by atoms with van der Waals surface area (Å²) in [5.41, 5.74) is 1.99. The zero-order valence-electron chi connectivity index (χ0n) is 16.9. The maximum absolute atomic E-state index is 12.7. The Bertz CT molecular complexity index is 639. The number of nitrogens with zero attached hydrogens (tertiary/aromatic N) is 1. The van der Waals surface area contributed by atoms with Gasteiger partial charge in [-0.15, -0.1) is 0 Å². The summed E-state index contributed by atoms with van der Waals surface area (Å²) >= 11 is 0. The van der Waals surface area contributed by atoms with Gasteiger partial charge in [0.15, 0.2) is 0 Å². The van der Waals surface area contributed by atoms with Crippen LogP contribution in [0.3, 0.4) is 0 Å². The molecule has 1 unspecified atom stereocenters. The van der Waals surface area contributed by atoms with Crippen LogP contribution in [0, 0.1) is 5.92 Å². The smallest absolute Gasteiger partial charge is 0.312 e. The maximum atomic E-state index is 12.7. The molecule has 0 aliphatic carbocycles. The van der Waals surface area contributed by atoms with E-state index in [1.165, 1.54) is 11.1 Å². The largest absolute Gasteiger partial charge is 0.460 e. The van der Waals surface area contributed by atoms with Crippen molar-refractivity contribution in [3.8, 4) is 0 Å². The topological polar surface area (TPSA) is 41.6 Å². The molecule has 0 aliphatic rings. The molecule has 0 fully saturated rings. The Kier molecular flexibility index (Phi) is 8.01. The highest BCUT2D eigenvalue weighted by atomic mass is 16.6. The molecule has 4 heteroatoms. The van der Waals surface area contributed by atoms with E-state index in [9.17, 15) is 4.79 Å². The van der Waals surface area contributed by atoms with Crippen molar-refractivity contribution in [2.75, 3.05) is 20.1 Å². The van der Waals surface area contributed by atoms with Crippen LogP contribution in [0.15, 0.2) is 60.7 Å². The van der Waals surface area contributed by atoms with E-state index in [1.54, 1.807) is 0 Å². The highest BCUT2D eigenvalue weighted by Gasteiger charge is 2.26. The Morgan fingerprint density at radius 3 is 1.85 bits per heavy atom. The van der Waals surface area contributed by atoms with E-state index in [0.717, 1.165) is 13.1 Å². The molecule has 0 aliphatic heterocycles. The average molecular weight is 369 g/mol. The Morgan fingerprint density at radius 1 is 0.963 bits per heavy atom. The SMILES string of the molecule is CNCC(CN(Cc1ccccc1)Cc1ccccc1)C(=O)OC(C)(C)C. The normalized spacial score (nSPS) is 12.8. The second-order valence-electron chi connectivity index (χ2n) is 7.93. The van der Waals surface area contributed by atoms with Gasteiger partial charge in [0.1, 0.15) is 5.60 Å². The molecule has 1 N–H and O–H groups in total. The number of carbonyl (C=O) groups is 1. The molecular formula is C23H32N2O2. The molecule has 0 amide bonds. The molecule has 1 atom stereocenters. The first-order chi connectivity index (χ1) is 12.9. The summed E-state index contributed by atoms with van der Waals surface area (Å²) in [4.78, 5) is 15.0. The van der Waals surface area contributed by atoms with E-state index in [4.69, 9.17) is 4.74 Å². The summed E-state index contributed by atoms with van der Waals surface area (Å²) in [7, 11) is 1.87. The lowest BCUT2D eigenvalue weighted by atomic mass is 10.1. The molecule has 2 aromatic carbocycles. The van der Waals surface area contributed by atoms with E-state index < -0.39 is 5.60 Å². The third kappa shape index (κ3) is 7.94. The van der Waals surface area contributed by atoms with Crippen LogP contribution in [0.5, 0.6) is 0 Å². The molecule has 0 bridgehead atoms. The van der Waals surface area contributed by atoms with Gasteiger partial charge in [0.25, 0.3) is 0 Å². The first-order valence-corrected chi connectivity index (χ1v) is 9.55. The zero-order chi connectivity index (χ0) is 19.7. The Balaban J connectivity index is 2.15. The molecule has 0 saturated heterocycles. The average Bonchev–Trinajstić information content (AvgIpc) is 2.61. The Morgan fingerprint density at radius 2 is 1.44 bits per heavy atom. The van der Waals surface area contributed by atoms with Crippen molar-refractivity contribution in [3.63, 3.8) is 0 Å². The van der Waals surface area contributed by atoms with Gasteiger partial charge in [0.2, 0.25) is 0 Å². The van der Waals surface area contributed by atoms with Crippen LogP contribution in [-0.4, -0.2) is 36.6 Å². The fraction of sp³-hybridized carbons (Fsp3) is 0.435. The lowest BCUT2D eigenvalue weighted by Gasteiger charge is -2.29. The molecule has 146 valence electrons. The predicted octanol–water partition coefficient (Wildman–Crippen LogP) is 3.87. The van der Waals surface area contributed by atoms with Gasteiger partial charge >= 0.3 is 5.97 Å². The lowest BCUT2D eigenvalue weighted by Crippen LogP contribution is -2.40. The first kappa shape index (κ1) is 21.1. The summed E-state index contributed by atoms with van der Waals surface area (Å²) < 4.78 is 5.65. The van der Waals surface area contributed by atoms with Gasteiger partial charge in [-0.05, 0) is 38.9 Å². The Labute approximate surface area is 163 Å². The van der Waals surface area contributed by atoms with Gasteiger partial charge < -0.3 is 10.1 Å². The van der Waals surface area contributed by atoms with E-state index >= 15 is 0 Å². The molecule has 0 radical (unpaired) electrons. The van der Waals surface area contributed by atoms with Crippen molar-refractivity contribution in [1.29, 1.82) is 0 Å². The van der Waals surface area contributed by atoms with Gasteiger partial charge in [-0.2, -0.15) is 0 Å². The molecule has 2 aromatic rings. The van der Waals surface area contributed by atoms with Gasteiger partial charge in [0.05, 0.1) is 5.92 Å². The van der Waals surface area contributed by atoms with E-state index in [1.807, 2.05) is 40.0 Å². The number of nitrogens with one attached hydrogen (secondary N) is 1. The van der Waals surface area contributed by atoms with Crippen LogP contribution < -0.4 is 5.32 Å². The van der Waals surface area contributed by atoms with Crippen LogP contribution in [0.1, 0.15) is 31.9 Å². The minimum absolute atomic E-state index is 0.150. The number of esters is 1. The van der Waals surface area contributed by atoms with Gasteiger partial charge in [-0.25, -0.2) is 0 Å². The van der Waals surface area contributed by atoms with Crippen molar-refractivity contribution in [2.45, 2.75) is 39.5 Å². The monoisotopic (exact) mass is 368 g/mol. The van der Waals surface area contributed by atoms with E-state index in [0.29, 0.717) is 13.1 Å². The van der Waals surface area contributed by atoms with Crippen molar-refractivity contribution in [2.24, 2.45) is 5.92 Å². The molecule has 0 spiro atoms. The molecule has 4 nitrogen and oxygen atoms in total. The molecular weight excluding hydrogens is 336 g/mol. The van der Waals surface area contributed by atoms with Crippen LogP contribution in [0.2, 0.25) is 0 Å². The maximum Gasteiger partial charge on any atom is 0.312 e. The summed E-state index contributed by atoms with van der Waals surface area (Å²) in [6, 6.07) is 20.7. The highest BCUT2D eigenvalue weighted by Crippen LogP contribution is 2.16. The lowest BCUT2D eigenvalue weighted by molar-refractivity contribution is -0.160. The Hall–Kier alpha value is -2.17. The number of hydrogen-bond acceptors (Lipinski definition) is 4. The summed E-state index contributed by atoms with van der Waals surface area (Å²) in [5, 5.41) is 3.14. The second-order valence-corrected chi connectivity index (χ2v) is 7.93. The number of rotatable bonds is 9. The van der Waals surface area contributed by atoms with Crippen LogP contribution in [-0.2, 0) is 22.6 Å². The number of carbonyl (C=O) groups excluding carboxylic acids is 1.